The Hall–Kier alpha value is -4.21. The van der Waals surface area contributed by atoms with E-state index in [0.29, 0.717) is 11.1 Å². The molecule has 3 rings (SSSR count). The van der Waals surface area contributed by atoms with Crippen molar-refractivity contribution in [3.05, 3.63) is 81.0 Å². The van der Waals surface area contributed by atoms with Crippen LogP contribution in [-0.4, -0.2) is 44.5 Å². The van der Waals surface area contributed by atoms with Crippen LogP contribution in [0.15, 0.2) is 64.2 Å². The van der Waals surface area contributed by atoms with Gasteiger partial charge in [0.2, 0.25) is 11.8 Å². The third-order valence-corrected chi connectivity index (χ3v) is 5.79. The molecule has 0 bridgehead atoms. The predicted octanol–water partition coefficient (Wildman–Crippen LogP) is 1.59. The molecule has 3 aromatic rings. The van der Waals surface area contributed by atoms with Gasteiger partial charge in [0.15, 0.2) is 0 Å². The summed E-state index contributed by atoms with van der Waals surface area (Å²) in [4.78, 5) is 66.6. The Morgan fingerprint density at radius 2 is 1.56 bits per heavy atom. The number of hydrogen-bond acceptors (Lipinski definition) is 5. The molecular weight excluding hydrogens is 464 g/mol. The number of H-pyrrole nitrogens is 1. The largest absolute Gasteiger partial charge is 0.480 e. The fourth-order valence-electron chi connectivity index (χ4n) is 3.94. The molecule has 0 aliphatic heterocycles. The number of fused-ring (bicyclic) bond motifs is 1. The second-order valence-corrected chi connectivity index (χ2v) is 9.12. The summed E-state index contributed by atoms with van der Waals surface area (Å²) in [5.41, 5.74) is -0.322. The minimum Gasteiger partial charge on any atom is -0.480 e. The number of carbonyl (C=O) groups excluding carboxylic acids is 2. The van der Waals surface area contributed by atoms with Crippen molar-refractivity contribution in [3.63, 3.8) is 0 Å². The number of carboxylic acid groups (broad SMARTS) is 1. The van der Waals surface area contributed by atoms with Gasteiger partial charge in [-0.25, -0.2) is 9.36 Å². The number of aromatic nitrogens is 2. The first-order chi connectivity index (χ1) is 17.1. The van der Waals surface area contributed by atoms with Crippen LogP contribution < -0.4 is 21.9 Å². The molecule has 0 aliphatic carbocycles. The number of hydrogen-bond donors (Lipinski definition) is 4. The number of carbonyl (C=O) groups is 3. The maximum atomic E-state index is 13.6. The molecule has 1 heterocycles. The van der Waals surface area contributed by atoms with Crippen LogP contribution in [-0.2, 0) is 20.8 Å². The highest BCUT2D eigenvalue weighted by atomic mass is 16.4. The van der Waals surface area contributed by atoms with Crippen LogP contribution in [0.2, 0.25) is 0 Å². The van der Waals surface area contributed by atoms with Gasteiger partial charge in [-0.15, -0.1) is 0 Å². The number of nitrogens with zero attached hydrogens (tertiary/aromatic N) is 1. The lowest BCUT2D eigenvalue weighted by atomic mass is 10.0. The Kier molecular flexibility index (Phi) is 8.42. The Morgan fingerprint density at radius 3 is 2.19 bits per heavy atom. The highest BCUT2D eigenvalue weighted by Crippen LogP contribution is 2.15. The Morgan fingerprint density at radius 1 is 0.917 bits per heavy atom. The number of benzene rings is 2. The molecule has 2 aromatic carbocycles. The van der Waals surface area contributed by atoms with Crippen LogP contribution >= 0.6 is 0 Å². The summed E-state index contributed by atoms with van der Waals surface area (Å²) in [6.07, 6.45) is 0.250. The SMILES string of the molecule is CC(C)C[C@H](NC(=O)[C@@H](Cc1ccccc1)n1c(=O)[nH]c2ccccc2c1=O)C(=O)N[C@@H](C)C(=O)O. The van der Waals surface area contributed by atoms with Crippen LogP contribution in [0.25, 0.3) is 10.9 Å². The molecule has 0 fully saturated rings. The number of nitrogens with one attached hydrogen (secondary N) is 3. The van der Waals surface area contributed by atoms with E-state index in [1.54, 1.807) is 54.6 Å². The first-order valence-electron chi connectivity index (χ1n) is 11.7. The van der Waals surface area contributed by atoms with E-state index in [1.807, 2.05) is 13.8 Å². The fraction of sp³-hybridized carbons (Fsp3) is 0.346. The monoisotopic (exact) mass is 494 g/mol. The van der Waals surface area contributed by atoms with Gasteiger partial charge in [0.25, 0.3) is 5.56 Å². The quantitative estimate of drug-likeness (QED) is 0.336. The Labute approximate surface area is 207 Å². The number of aromatic amines is 1. The zero-order valence-corrected chi connectivity index (χ0v) is 20.4. The lowest BCUT2D eigenvalue weighted by molar-refractivity contribution is -0.141. The van der Waals surface area contributed by atoms with Crippen molar-refractivity contribution in [3.8, 4) is 0 Å². The highest BCUT2D eigenvalue weighted by Gasteiger charge is 2.31. The minimum absolute atomic E-state index is 0.0134. The third-order valence-electron chi connectivity index (χ3n) is 5.79. The van der Waals surface area contributed by atoms with Crippen LogP contribution in [0, 0.1) is 5.92 Å². The standard InChI is InChI=1S/C26H30N4O6/c1-15(2)13-20(22(31)27-16(3)25(34)35)28-23(32)21(14-17-9-5-4-6-10-17)30-24(33)18-11-7-8-12-19(18)29-26(30)36/h4-12,15-16,20-21H,13-14H2,1-3H3,(H,27,31)(H,28,32)(H,29,36)(H,34,35)/t16-,20-,21+/m0/s1. The fourth-order valence-corrected chi connectivity index (χ4v) is 3.94. The van der Waals surface area contributed by atoms with E-state index < -0.39 is 47.2 Å². The van der Waals surface area contributed by atoms with E-state index in [2.05, 4.69) is 15.6 Å². The predicted molar refractivity (Wildman–Crippen MR) is 135 cm³/mol. The lowest BCUT2D eigenvalue weighted by Crippen LogP contribution is -2.54. The number of carboxylic acids is 1. The molecular formula is C26H30N4O6. The maximum Gasteiger partial charge on any atom is 0.329 e. The number of amides is 2. The maximum absolute atomic E-state index is 13.6. The average Bonchev–Trinajstić information content (AvgIpc) is 2.83. The highest BCUT2D eigenvalue weighted by molar-refractivity contribution is 5.91. The van der Waals surface area contributed by atoms with Gasteiger partial charge in [0.05, 0.1) is 10.9 Å². The third kappa shape index (κ3) is 6.26. The van der Waals surface area contributed by atoms with Crippen molar-refractivity contribution in [2.75, 3.05) is 0 Å². The summed E-state index contributed by atoms with van der Waals surface area (Å²) in [7, 11) is 0. The smallest absolute Gasteiger partial charge is 0.329 e. The topological polar surface area (TPSA) is 150 Å². The van der Waals surface area contributed by atoms with Crippen molar-refractivity contribution in [2.24, 2.45) is 5.92 Å². The van der Waals surface area contributed by atoms with Gasteiger partial charge in [-0.2, -0.15) is 0 Å². The molecule has 10 heteroatoms. The van der Waals surface area contributed by atoms with Crippen LogP contribution in [0.3, 0.4) is 0 Å². The van der Waals surface area contributed by atoms with Gasteiger partial charge in [-0.3, -0.25) is 19.2 Å². The summed E-state index contributed by atoms with van der Waals surface area (Å²) < 4.78 is 0.870. The van der Waals surface area contributed by atoms with E-state index in [1.165, 1.54) is 6.92 Å². The second kappa shape index (κ2) is 11.5. The van der Waals surface area contributed by atoms with Crippen LogP contribution in [0.1, 0.15) is 38.8 Å². The van der Waals surface area contributed by atoms with Gasteiger partial charge < -0.3 is 20.7 Å². The summed E-state index contributed by atoms with van der Waals surface area (Å²) >= 11 is 0. The molecule has 0 unspecified atom stereocenters. The molecule has 0 aliphatic rings. The van der Waals surface area contributed by atoms with Gasteiger partial charge >= 0.3 is 11.7 Å². The van der Waals surface area contributed by atoms with Crippen molar-refractivity contribution in [2.45, 2.75) is 51.7 Å². The molecule has 0 saturated carbocycles. The first-order valence-corrected chi connectivity index (χ1v) is 11.7. The van der Waals surface area contributed by atoms with E-state index in [0.717, 1.165) is 4.57 Å². The molecule has 2 amide bonds. The number of aliphatic carboxylic acids is 1. The molecule has 4 N–H and O–H groups in total. The first kappa shape index (κ1) is 26.4. The number of rotatable bonds is 10. The van der Waals surface area contributed by atoms with Crippen LogP contribution in [0.5, 0.6) is 0 Å². The minimum atomic E-state index is -1.26. The lowest BCUT2D eigenvalue weighted by Gasteiger charge is -2.25. The molecule has 36 heavy (non-hydrogen) atoms. The van der Waals surface area contributed by atoms with E-state index in [-0.39, 0.29) is 24.1 Å². The van der Waals surface area contributed by atoms with Crippen LogP contribution in [0.4, 0.5) is 0 Å². The molecule has 0 spiro atoms. The molecule has 3 atom stereocenters. The molecule has 0 radical (unpaired) electrons. The Balaban J connectivity index is 2.03. The van der Waals surface area contributed by atoms with E-state index >= 15 is 0 Å². The van der Waals surface area contributed by atoms with Crippen molar-refractivity contribution in [1.82, 2.24) is 20.2 Å². The molecule has 0 saturated heterocycles. The molecule has 1 aromatic heterocycles. The normalized spacial score (nSPS) is 13.7. The van der Waals surface area contributed by atoms with E-state index in [4.69, 9.17) is 5.11 Å². The van der Waals surface area contributed by atoms with Gasteiger partial charge in [-0.05, 0) is 37.0 Å². The number of para-hydroxylation sites is 1. The summed E-state index contributed by atoms with van der Waals surface area (Å²) in [5, 5.41) is 14.4. The summed E-state index contributed by atoms with van der Waals surface area (Å²) in [5.74, 6) is -2.59. The Bertz CT molecular complexity index is 1360. The van der Waals surface area contributed by atoms with Crippen molar-refractivity contribution < 1.29 is 19.5 Å². The van der Waals surface area contributed by atoms with E-state index in [9.17, 15) is 24.0 Å². The average molecular weight is 495 g/mol. The van der Waals surface area contributed by atoms with Crippen molar-refractivity contribution >= 4 is 28.7 Å². The zero-order chi connectivity index (χ0) is 26.4. The zero-order valence-electron chi connectivity index (χ0n) is 20.4. The molecule has 190 valence electrons. The van der Waals surface area contributed by atoms with Gasteiger partial charge in [0, 0.05) is 6.42 Å². The van der Waals surface area contributed by atoms with Crippen molar-refractivity contribution in [1.29, 1.82) is 0 Å². The second-order valence-electron chi connectivity index (χ2n) is 9.12. The molecule has 10 nitrogen and oxygen atoms in total. The summed E-state index contributed by atoms with van der Waals surface area (Å²) in [6, 6.07) is 11.9. The van der Waals surface area contributed by atoms with Gasteiger partial charge in [0.1, 0.15) is 18.1 Å². The van der Waals surface area contributed by atoms with Gasteiger partial charge in [-0.1, -0.05) is 56.3 Å². The summed E-state index contributed by atoms with van der Waals surface area (Å²) in [6.45, 7) is 5.03.